The van der Waals surface area contributed by atoms with Crippen molar-refractivity contribution < 1.29 is 9.32 Å². The lowest BCUT2D eigenvalue weighted by atomic mass is 10.2. The van der Waals surface area contributed by atoms with Gasteiger partial charge in [0.2, 0.25) is 0 Å². The molecule has 0 aliphatic rings. The van der Waals surface area contributed by atoms with Crippen molar-refractivity contribution in [3.05, 3.63) is 35.3 Å². The van der Waals surface area contributed by atoms with E-state index in [1.165, 1.54) is 0 Å². The van der Waals surface area contributed by atoms with Crippen LogP contribution in [0.25, 0.3) is 0 Å². The summed E-state index contributed by atoms with van der Waals surface area (Å²) in [5.74, 6) is 0.733. The van der Waals surface area contributed by atoms with Crippen molar-refractivity contribution in [1.82, 2.24) is 10.1 Å². The van der Waals surface area contributed by atoms with E-state index in [1.807, 2.05) is 25.1 Å². The zero-order chi connectivity index (χ0) is 14.0. The normalized spacial score (nSPS) is 10.3. The largest absolute Gasteiger partial charge is 0.376 e. The molecule has 0 radical (unpaired) electrons. The van der Waals surface area contributed by atoms with E-state index in [9.17, 15) is 4.79 Å². The summed E-state index contributed by atoms with van der Waals surface area (Å²) >= 11 is 0. The number of pyridine rings is 1. The Hall–Kier alpha value is -2.37. The number of nitrogens with one attached hydrogen (secondary N) is 1. The van der Waals surface area contributed by atoms with Gasteiger partial charge in [0.05, 0.1) is 17.6 Å². The Balaban J connectivity index is 2.15. The summed E-state index contributed by atoms with van der Waals surface area (Å²) in [7, 11) is 3.86. The van der Waals surface area contributed by atoms with Gasteiger partial charge >= 0.3 is 0 Å². The summed E-state index contributed by atoms with van der Waals surface area (Å²) in [5, 5.41) is 6.48. The quantitative estimate of drug-likeness (QED) is 0.914. The second-order valence-electron chi connectivity index (χ2n) is 4.45. The standard InChI is InChI=1S/C13H16N4O2/c1-8-12(9(2)19-16-8)13(18)15-11-6-5-10(7-14-11)17(3)4/h5-7H,1-4H3,(H,14,15,18). The summed E-state index contributed by atoms with van der Waals surface area (Å²) in [6.07, 6.45) is 1.70. The predicted molar refractivity (Wildman–Crippen MR) is 72.5 cm³/mol. The number of anilines is 2. The van der Waals surface area contributed by atoms with Gasteiger partial charge in [-0.3, -0.25) is 4.79 Å². The zero-order valence-corrected chi connectivity index (χ0v) is 11.4. The number of hydrogen-bond acceptors (Lipinski definition) is 5. The van der Waals surface area contributed by atoms with Crippen molar-refractivity contribution in [3.63, 3.8) is 0 Å². The van der Waals surface area contributed by atoms with Crippen molar-refractivity contribution in [1.29, 1.82) is 0 Å². The molecule has 0 bridgehead atoms. The van der Waals surface area contributed by atoms with Crippen LogP contribution in [0.5, 0.6) is 0 Å². The highest BCUT2D eigenvalue weighted by Gasteiger charge is 2.17. The fourth-order valence-corrected chi connectivity index (χ4v) is 1.71. The van der Waals surface area contributed by atoms with Crippen molar-refractivity contribution in [2.24, 2.45) is 0 Å². The monoisotopic (exact) mass is 260 g/mol. The molecule has 0 aliphatic carbocycles. The van der Waals surface area contributed by atoms with Gasteiger partial charge in [0.25, 0.3) is 5.91 Å². The van der Waals surface area contributed by atoms with E-state index in [0.29, 0.717) is 22.8 Å². The molecular formula is C13H16N4O2. The lowest BCUT2D eigenvalue weighted by molar-refractivity contribution is 0.102. The fraction of sp³-hybridized carbons (Fsp3) is 0.308. The van der Waals surface area contributed by atoms with Gasteiger partial charge in [-0.15, -0.1) is 0 Å². The summed E-state index contributed by atoms with van der Waals surface area (Å²) in [5.41, 5.74) is 1.99. The van der Waals surface area contributed by atoms with Crippen LogP contribution in [0.2, 0.25) is 0 Å². The predicted octanol–water partition coefficient (Wildman–Crippen LogP) is 2.00. The molecule has 19 heavy (non-hydrogen) atoms. The summed E-state index contributed by atoms with van der Waals surface area (Å²) in [4.78, 5) is 18.2. The maximum atomic E-state index is 12.1. The van der Waals surface area contributed by atoms with E-state index >= 15 is 0 Å². The SMILES string of the molecule is Cc1noc(C)c1C(=O)Nc1ccc(N(C)C)cn1. The third-order valence-corrected chi connectivity index (χ3v) is 2.77. The molecule has 1 N–H and O–H groups in total. The van der Waals surface area contributed by atoms with Crippen LogP contribution in [0, 0.1) is 13.8 Å². The minimum atomic E-state index is -0.263. The van der Waals surface area contributed by atoms with Gasteiger partial charge in [0.15, 0.2) is 0 Å². The summed E-state index contributed by atoms with van der Waals surface area (Å²) < 4.78 is 4.97. The van der Waals surface area contributed by atoms with Crippen LogP contribution in [0.3, 0.4) is 0 Å². The molecule has 2 heterocycles. The highest BCUT2D eigenvalue weighted by molar-refractivity contribution is 6.05. The Morgan fingerprint density at radius 3 is 2.53 bits per heavy atom. The van der Waals surface area contributed by atoms with E-state index in [4.69, 9.17) is 4.52 Å². The van der Waals surface area contributed by atoms with E-state index < -0.39 is 0 Å². The lowest BCUT2D eigenvalue weighted by Gasteiger charge is -2.12. The van der Waals surface area contributed by atoms with Crippen LogP contribution >= 0.6 is 0 Å². The number of carbonyl (C=O) groups excluding carboxylic acids is 1. The molecule has 2 rings (SSSR count). The molecule has 0 fully saturated rings. The summed E-state index contributed by atoms with van der Waals surface area (Å²) in [6, 6.07) is 3.64. The molecule has 0 saturated heterocycles. The van der Waals surface area contributed by atoms with E-state index in [0.717, 1.165) is 5.69 Å². The van der Waals surface area contributed by atoms with Crippen molar-refractivity contribution >= 4 is 17.4 Å². The molecule has 1 amide bonds. The third kappa shape index (κ3) is 2.73. The van der Waals surface area contributed by atoms with Crippen LogP contribution in [-0.2, 0) is 0 Å². The van der Waals surface area contributed by atoms with Gasteiger partial charge in [-0.1, -0.05) is 5.16 Å². The number of carbonyl (C=O) groups is 1. The van der Waals surface area contributed by atoms with Gasteiger partial charge in [-0.05, 0) is 26.0 Å². The van der Waals surface area contributed by atoms with Crippen molar-refractivity contribution in [2.75, 3.05) is 24.3 Å². The lowest BCUT2D eigenvalue weighted by Crippen LogP contribution is -2.15. The minimum Gasteiger partial charge on any atom is -0.376 e. The molecule has 0 spiro atoms. The van der Waals surface area contributed by atoms with Gasteiger partial charge in [0.1, 0.15) is 17.1 Å². The Morgan fingerprint density at radius 2 is 2.05 bits per heavy atom. The van der Waals surface area contributed by atoms with Gasteiger partial charge < -0.3 is 14.7 Å². The van der Waals surface area contributed by atoms with Crippen molar-refractivity contribution in [3.8, 4) is 0 Å². The first-order valence-electron chi connectivity index (χ1n) is 5.86. The topological polar surface area (TPSA) is 71.3 Å². The first kappa shape index (κ1) is 13.1. The average molecular weight is 260 g/mol. The fourth-order valence-electron chi connectivity index (χ4n) is 1.71. The third-order valence-electron chi connectivity index (χ3n) is 2.77. The summed E-state index contributed by atoms with van der Waals surface area (Å²) in [6.45, 7) is 3.44. The maximum absolute atomic E-state index is 12.1. The molecule has 0 aromatic carbocycles. The van der Waals surface area contributed by atoms with Crippen molar-refractivity contribution in [2.45, 2.75) is 13.8 Å². The highest BCUT2D eigenvalue weighted by Crippen LogP contribution is 2.16. The van der Waals surface area contributed by atoms with Crippen LogP contribution in [0.15, 0.2) is 22.9 Å². The minimum absolute atomic E-state index is 0.263. The molecule has 0 unspecified atom stereocenters. The van der Waals surface area contributed by atoms with E-state index in [1.54, 1.807) is 26.1 Å². The van der Waals surface area contributed by atoms with Gasteiger partial charge in [-0.2, -0.15) is 0 Å². The number of hydrogen-bond donors (Lipinski definition) is 1. The molecule has 6 heteroatoms. The molecule has 0 aliphatic heterocycles. The smallest absolute Gasteiger partial charge is 0.262 e. The maximum Gasteiger partial charge on any atom is 0.262 e. The van der Waals surface area contributed by atoms with E-state index in [2.05, 4.69) is 15.5 Å². The molecule has 0 atom stereocenters. The Labute approximate surface area is 111 Å². The van der Waals surface area contributed by atoms with Crippen LogP contribution < -0.4 is 10.2 Å². The molecule has 2 aromatic heterocycles. The number of rotatable bonds is 3. The number of aromatic nitrogens is 2. The molecular weight excluding hydrogens is 244 g/mol. The second-order valence-corrected chi connectivity index (χ2v) is 4.45. The molecule has 6 nitrogen and oxygen atoms in total. The zero-order valence-electron chi connectivity index (χ0n) is 11.4. The highest BCUT2D eigenvalue weighted by atomic mass is 16.5. The Bertz CT molecular complexity index is 568. The van der Waals surface area contributed by atoms with Crippen LogP contribution in [0.1, 0.15) is 21.8 Å². The second kappa shape index (κ2) is 5.09. The number of nitrogens with zero attached hydrogens (tertiary/aromatic N) is 3. The molecule has 100 valence electrons. The Kier molecular flexibility index (Phi) is 3.50. The average Bonchev–Trinajstić information content (AvgIpc) is 2.69. The number of amides is 1. The molecule has 0 saturated carbocycles. The van der Waals surface area contributed by atoms with Crippen LogP contribution in [0.4, 0.5) is 11.5 Å². The first-order valence-corrected chi connectivity index (χ1v) is 5.86. The number of aryl methyl sites for hydroxylation is 2. The first-order chi connectivity index (χ1) is 8.99. The Morgan fingerprint density at radius 1 is 1.32 bits per heavy atom. The van der Waals surface area contributed by atoms with E-state index in [-0.39, 0.29) is 5.91 Å². The van der Waals surface area contributed by atoms with Crippen LogP contribution in [-0.4, -0.2) is 30.1 Å². The van der Waals surface area contributed by atoms with Gasteiger partial charge in [0, 0.05) is 14.1 Å². The van der Waals surface area contributed by atoms with Gasteiger partial charge in [-0.25, -0.2) is 4.98 Å². The molecule has 2 aromatic rings.